The van der Waals surface area contributed by atoms with Gasteiger partial charge in [-0.25, -0.2) is 0 Å². The lowest BCUT2D eigenvalue weighted by Gasteiger charge is -2.32. The molecule has 1 aliphatic rings. The van der Waals surface area contributed by atoms with E-state index in [1.165, 1.54) is 0 Å². The Hall–Kier alpha value is -1.51. The first-order valence-electron chi connectivity index (χ1n) is 7.68. The number of carbonyl (C=O) groups excluding carboxylic acids is 1. The van der Waals surface area contributed by atoms with Gasteiger partial charge in [-0.1, -0.05) is 39.0 Å². The van der Waals surface area contributed by atoms with Crippen LogP contribution in [0.1, 0.15) is 52.0 Å². The van der Waals surface area contributed by atoms with E-state index in [1.54, 1.807) is 0 Å². The second-order valence-electron chi connectivity index (χ2n) is 6.19. The second-order valence-corrected chi connectivity index (χ2v) is 6.19. The molecule has 3 atom stereocenters. The molecule has 2 N–H and O–H groups in total. The monoisotopic (exact) mass is 274 g/mol. The molecule has 1 amide bonds. The Morgan fingerprint density at radius 3 is 2.75 bits per heavy atom. The van der Waals surface area contributed by atoms with Gasteiger partial charge < -0.3 is 10.6 Å². The lowest BCUT2D eigenvalue weighted by Crippen LogP contribution is -2.43. The van der Waals surface area contributed by atoms with Crippen molar-refractivity contribution in [2.24, 2.45) is 5.92 Å². The van der Waals surface area contributed by atoms with Gasteiger partial charge in [0.2, 0.25) is 5.91 Å². The summed E-state index contributed by atoms with van der Waals surface area (Å²) in [5.41, 5.74) is 2.23. The largest absolute Gasteiger partial charge is 0.382 e. The molecule has 3 nitrogen and oxygen atoms in total. The van der Waals surface area contributed by atoms with E-state index in [9.17, 15) is 4.79 Å². The van der Waals surface area contributed by atoms with Gasteiger partial charge in [0.1, 0.15) is 0 Å². The van der Waals surface area contributed by atoms with Crippen LogP contribution in [0.25, 0.3) is 0 Å². The van der Waals surface area contributed by atoms with Crippen molar-refractivity contribution in [3.63, 3.8) is 0 Å². The number of fused-ring (bicyclic) bond motifs is 1. The van der Waals surface area contributed by atoms with Gasteiger partial charge in [0.05, 0.1) is 5.92 Å². The van der Waals surface area contributed by atoms with E-state index in [1.807, 2.05) is 12.1 Å². The molecule has 2 rings (SSSR count). The zero-order valence-corrected chi connectivity index (χ0v) is 12.9. The quantitative estimate of drug-likeness (QED) is 0.882. The highest BCUT2D eigenvalue weighted by atomic mass is 16.2. The van der Waals surface area contributed by atoms with E-state index in [0.717, 1.165) is 24.1 Å². The van der Waals surface area contributed by atoms with E-state index in [-0.39, 0.29) is 17.9 Å². The van der Waals surface area contributed by atoms with E-state index in [0.29, 0.717) is 12.0 Å². The standard InChI is InChI=1S/C17H26N2O/c1-5-15(11(2)3)19-17(20)14-10-12(4)18-16-9-7-6-8-13(14)16/h6-9,11-12,14-15,18H,5,10H2,1-4H3,(H,19,20). The van der Waals surface area contributed by atoms with Crippen molar-refractivity contribution in [1.82, 2.24) is 5.32 Å². The Kier molecular flexibility index (Phi) is 4.69. The maximum Gasteiger partial charge on any atom is 0.227 e. The molecule has 0 saturated carbocycles. The highest BCUT2D eigenvalue weighted by Gasteiger charge is 2.30. The third kappa shape index (κ3) is 3.14. The summed E-state index contributed by atoms with van der Waals surface area (Å²) in [7, 11) is 0. The molecule has 1 aromatic rings. The Morgan fingerprint density at radius 1 is 1.40 bits per heavy atom. The first-order chi connectivity index (χ1) is 9.52. The molecule has 0 spiro atoms. The number of nitrogens with one attached hydrogen (secondary N) is 2. The molecule has 0 saturated heterocycles. The van der Waals surface area contributed by atoms with E-state index < -0.39 is 0 Å². The Labute approximate surface area is 122 Å². The summed E-state index contributed by atoms with van der Waals surface area (Å²) in [6.07, 6.45) is 1.84. The topological polar surface area (TPSA) is 41.1 Å². The molecule has 0 aromatic heterocycles. The van der Waals surface area contributed by atoms with E-state index in [2.05, 4.69) is 50.5 Å². The average molecular weight is 274 g/mol. The summed E-state index contributed by atoms with van der Waals surface area (Å²) in [5.74, 6) is 0.611. The van der Waals surface area contributed by atoms with Crippen LogP contribution in [0.5, 0.6) is 0 Å². The smallest absolute Gasteiger partial charge is 0.227 e. The number of amides is 1. The van der Waals surface area contributed by atoms with Gasteiger partial charge in [-0.3, -0.25) is 4.79 Å². The lowest BCUT2D eigenvalue weighted by atomic mass is 9.86. The van der Waals surface area contributed by atoms with Crippen LogP contribution in [-0.4, -0.2) is 18.0 Å². The van der Waals surface area contributed by atoms with Crippen molar-refractivity contribution in [2.45, 2.75) is 58.5 Å². The number of anilines is 1. The Morgan fingerprint density at radius 2 is 2.10 bits per heavy atom. The molecular weight excluding hydrogens is 248 g/mol. The fourth-order valence-electron chi connectivity index (χ4n) is 3.01. The maximum atomic E-state index is 12.6. The van der Waals surface area contributed by atoms with Gasteiger partial charge in [-0.2, -0.15) is 0 Å². The Balaban J connectivity index is 2.18. The number of rotatable bonds is 4. The summed E-state index contributed by atoms with van der Waals surface area (Å²) in [6.45, 7) is 8.58. The van der Waals surface area contributed by atoms with Gasteiger partial charge in [-0.15, -0.1) is 0 Å². The van der Waals surface area contributed by atoms with E-state index in [4.69, 9.17) is 0 Å². The minimum absolute atomic E-state index is 0.0322. The van der Waals surface area contributed by atoms with Crippen molar-refractivity contribution in [2.75, 3.05) is 5.32 Å². The molecule has 1 aliphatic heterocycles. The van der Waals surface area contributed by atoms with Crippen LogP contribution in [0.2, 0.25) is 0 Å². The SMILES string of the molecule is CCC(NC(=O)C1CC(C)Nc2ccccc21)C(C)C. The van der Waals surface area contributed by atoms with Gasteiger partial charge in [0.25, 0.3) is 0 Å². The summed E-state index contributed by atoms with van der Waals surface area (Å²) in [6, 6.07) is 8.75. The molecule has 0 radical (unpaired) electrons. The van der Waals surface area contributed by atoms with Crippen molar-refractivity contribution < 1.29 is 4.79 Å². The van der Waals surface area contributed by atoms with Crippen LogP contribution in [0, 0.1) is 5.92 Å². The lowest BCUT2D eigenvalue weighted by molar-refractivity contribution is -0.123. The van der Waals surface area contributed by atoms with Crippen molar-refractivity contribution in [1.29, 1.82) is 0 Å². The van der Waals surface area contributed by atoms with Gasteiger partial charge in [0, 0.05) is 17.8 Å². The number of hydrogen-bond donors (Lipinski definition) is 2. The maximum absolute atomic E-state index is 12.6. The molecular formula is C17H26N2O. The summed E-state index contributed by atoms with van der Waals surface area (Å²) < 4.78 is 0. The number of para-hydroxylation sites is 1. The molecule has 3 unspecified atom stereocenters. The van der Waals surface area contributed by atoms with Crippen molar-refractivity contribution in [3.8, 4) is 0 Å². The van der Waals surface area contributed by atoms with E-state index >= 15 is 0 Å². The highest BCUT2D eigenvalue weighted by molar-refractivity contribution is 5.86. The fourth-order valence-corrected chi connectivity index (χ4v) is 3.01. The Bertz CT molecular complexity index is 470. The second kappa shape index (κ2) is 6.29. The number of hydrogen-bond acceptors (Lipinski definition) is 2. The molecule has 1 heterocycles. The normalized spacial score (nSPS) is 22.9. The van der Waals surface area contributed by atoms with Crippen LogP contribution in [0.3, 0.4) is 0 Å². The van der Waals surface area contributed by atoms with Gasteiger partial charge in [0.15, 0.2) is 0 Å². The molecule has 3 heteroatoms. The summed E-state index contributed by atoms with van der Waals surface area (Å²) in [5, 5.41) is 6.69. The molecule has 20 heavy (non-hydrogen) atoms. The van der Waals surface area contributed by atoms with Crippen LogP contribution < -0.4 is 10.6 Å². The van der Waals surface area contributed by atoms with Crippen LogP contribution in [0.15, 0.2) is 24.3 Å². The first kappa shape index (κ1) is 14.9. The van der Waals surface area contributed by atoms with Crippen molar-refractivity contribution in [3.05, 3.63) is 29.8 Å². The zero-order chi connectivity index (χ0) is 14.7. The molecule has 0 bridgehead atoms. The van der Waals surface area contributed by atoms with Crippen molar-refractivity contribution >= 4 is 11.6 Å². The minimum Gasteiger partial charge on any atom is -0.382 e. The van der Waals surface area contributed by atoms with Crippen LogP contribution >= 0.6 is 0 Å². The molecule has 0 aliphatic carbocycles. The summed E-state index contributed by atoms with van der Waals surface area (Å²) >= 11 is 0. The third-order valence-corrected chi connectivity index (χ3v) is 4.22. The highest BCUT2D eigenvalue weighted by Crippen LogP contribution is 2.34. The van der Waals surface area contributed by atoms with Gasteiger partial charge >= 0.3 is 0 Å². The predicted octanol–water partition coefficient (Wildman–Crippen LogP) is 3.53. The minimum atomic E-state index is -0.0322. The predicted molar refractivity (Wildman–Crippen MR) is 83.9 cm³/mol. The number of benzene rings is 1. The van der Waals surface area contributed by atoms with Crippen LogP contribution in [-0.2, 0) is 4.79 Å². The number of carbonyl (C=O) groups is 1. The molecule has 1 aromatic carbocycles. The third-order valence-electron chi connectivity index (χ3n) is 4.22. The first-order valence-corrected chi connectivity index (χ1v) is 7.68. The molecule has 0 fully saturated rings. The van der Waals surface area contributed by atoms with Crippen LogP contribution in [0.4, 0.5) is 5.69 Å². The molecule has 110 valence electrons. The van der Waals surface area contributed by atoms with Gasteiger partial charge in [-0.05, 0) is 37.3 Å². The summed E-state index contributed by atoms with van der Waals surface area (Å²) in [4.78, 5) is 12.6. The fraction of sp³-hybridized carbons (Fsp3) is 0.588. The average Bonchev–Trinajstić information content (AvgIpc) is 2.43. The zero-order valence-electron chi connectivity index (χ0n) is 12.9.